The molecule has 96 valence electrons. The Bertz CT molecular complexity index is 467. The quantitative estimate of drug-likeness (QED) is 0.836. The molecule has 1 heterocycles. The molecule has 0 spiro atoms. The number of carboxylic acids is 1. The van der Waals surface area contributed by atoms with E-state index in [-0.39, 0.29) is 5.91 Å². The monoisotopic (exact) mass is 312 g/mol. The van der Waals surface area contributed by atoms with Gasteiger partial charge in [0, 0.05) is 6.20 Å². The first kappa shape index (κ1) is 13.0. The van der Waals surface area contributed by atoms with E-state index in [2.05, 4.69) is 26.2 Å². The van der Waals surface area contributed by atoms with E-state index in [4.69, 9.17) is 0 Å². The average Bonchev–Trinajstić information content (AvgIpc) is 2.79. The number of nitrogens with zero attached hydrogens (tertiary/aromatic N) is 1. The highest BCUT2D eigenvalue weighted by Crippen LogP contribution is 2.30. The normalized spacial score (nSPS) is 17.4. The molecule has 1 aromatic rings. The number of rotatable bonds is 3. The zero-order chi connectivity index (χ0) is 13.2. The summed E-state index contributed by atoms with van der Waals surface area (Å²) in [5.74, 6) is -1.35. The van der Waals surface area contributed by atoms with Crippen molar-refractivity contribution in [3.8, 4) is 0 Å². The Morgan fingerprint density at radius 3 is 2.50 bits per heavy atom. The topological polar surface area (TPSA) is 79.3 Å². The predicted octanol–water partition coefficient (Wildman–Crippen LogP) is 1.97. The van der Waals surface area contributed by atoms with E-state index in [1.165, 1.54) is 6.20 Å². The lowest BCUT2D eigenvalue weighted by Crippen LogP contribution is -2.52. The number of nitrogens with one attached hydrogen (secondary N) is 1. The zero-order valence-electron chi connectivity index (χ0n) is 9.65. The number of carbonyl (C=O) groups excluding carboxylic acids is 1. The van der Waals surface area contributed by atoms with Gasteiger partial charge in [-0.25, -0.2) is 9.78 Å². The molecule has 2 N–H and O–H groups in total. The molecular weight excluding hydrogens is 300 g/mol. The predicted molar refractivity (Wildman–Crippen MR) is 68.2 cm³/mol. The van der Waals surface area contributed by atoms with Crippen LogP contribution in [0.5, 0.6) is 0 Å². The SMILES string of the molecule is O=C(NC1(C(=O)O)CCCC1)c1ccc(Br)nc1. The van der Waals surface area contributed by atoms with Gasteiger partial charge in [0.1, 0.15) is 10.1 Å². The van der Waals surface area contributed by atoms with Crippen LogP contribution in [-0.4, -0.2) is 27.5 Å². The van der Waals surface area contributed by atoms with Gasteiger partial charge >= 0.3 is 5.97 Å². The number of amides is 1. The summed E-state index contributed by atoms with van der Waals surface area (Å²) in [5, 5.41) is 11.9. The average molecular weight is 313 g/mol. The van der Waals surface area contributed by atoms with Crippen LogP contribution in [-0.2, 0) is 4.79 Å². The molecule has 0 aliphatic heterocycles. The van der Waals surface area contributed by atoms with Crippen LogP contribution in [0.4, 0.5) is 0 Å². The minimum Gasteiger partial charge on any atom is -0.480 e. The third-order valence-electron chi connectivity index (χ3n) is 3.21. The second kappa shape index (κ2) is 5.06. The van der Waals surface area contributed by atoms with Crippen molar-refractivity contribution in [2.75, 3.05) is 0 Å². The summed E-state index contributed by atoms with van der Waals surface area (Å²) in [4.78, 5) is 27.2. The molecule has 2 rings (SSSR count). The first-order valence-corrected chi connectivity index (χ1v) is 6.50. The Morgan fingerprint density at radius 2 is 2.00 bits per heavy atom. The van der Waals surface area contributed by atoms with Crippen molar-refractivity contribution in [1.82, 2.24) is 10.3 Å². The Labute approximate surface area is 113 Å². The fourth-order valence-electron chi connectivity index (χ4n) is 2.17. The van der Waals surface area contributed by atoms with Crippen LogP contribution in [0.1, 0.15) is 36.0 Å². The summed E-state index contributed by atoms with van der Waals surface area (Å²) in [6.07, 6.45) is 4.04. The van der Waals surface area contributed by atoms with Gasteiger partial charge in [-0.1, -0.05) is 12.8 Å². The number of aliphatic carboxylic acids is 1. The van der Waals surface area contributed by atoms with Crippen LogP contribution in [0.25, 0.3) is 0 Å². The van der Waals surface area contributed by atoms with E-state index in [1.54, 1.807) is 12.1 Å². The summed E-state index contributed by atoms with van der Waals surface area (Å²) in [6.45, 7) is 0. The standard InChI is InChI=1S/C12H13BrN2O3/c13-9-4-3-8(7-14-9)10(16)15-12(11(17)18)5-1-2-6-12/h3-4,7H,1-2,5-6H2,(H,15,16)(H,17,18). The van der Waals surface area contributed by atoms with Gasteiger partial charge in [0.2, 0.25) is 0 Å². The lowest BCUT2D eigenvalue weighted by atomic mass is 9.97. The molecule has 0 bridgehead atoms. The number of hydrogen-bond acceptors (Lipinski definition) is 3. The van der Waals surface area contributed by atoms with Gasteiger partial charge in [0.05, 0.1) is 5.56 Å². The van der Waals surface area contributed by atoms with Gasteiger partial charge in [-0.15, -0.1) is 0 Å². The fraction of sp³-hybridized carbons (Fsp3) is 0.417. The van der Waals surface area contributed by atoms with Crippen molar-refractivity contribution in [3.05, 3.63) is 28.5 Å². The number of carbonyl (C=O) groups is 2. The van der Waals surface area contributed by atoms with E-state index < -0.39 is 11.5 Å². The van der Waals surface area contributed by atoms with Crippen LogP contribution in [0.15, 0.2) is 22.9 Å². The number of carboxylic acid groups (broad SMARTS) is 1. The van der Waals surface area contributed by atoms with Gasteiger partial charge in [0.25, 0.3) is 5.91 Å². The van der Waals surface area contributed by atoms with Crippen molar-refractivity contribution in [2.45, 2.75) is 31.2 Å². The van der Waals surface area contributed by atoms with Crippen molar-refractivity contribution in [2.24, 2.45) is 0 Å². The minimum atomic E-state index is -1.11. The Kier molecular flexibility index (Phi) is 3.65. The number of pyridine rings is 1. The summed E-state index contributed by atoms with van der Waals surface area (Å²) in [6, 6.07) is 3.26. The van der Waals surface area contributed by atoms with Crippen molar-refractivity contribution < 1.29 is 14.7 Å². The maximum absolute atomic E-state index is 12.0. The maximum Gasteiger partial charge on any atom is 0.329 e. The second-order valence-corrected chi connectivity index (χ2v) is 5.23. The van der Waals surface area contributed by atoms with Gasteiger partial charge in [-0.3, -0.25) is 4.79 Å². The van der Waals surface area contributed by atoms with E-state index in [1.807, 2.05) is 0 Å². The molecular formula is C12H13BrN2O3. The molecule has 0 radical (unpaired) electrons. The number of aromatic nitrogens is 1. The number of halogens is 1. The van der Waals surface area contributed by atoms with Crippen molar-refractivity contribution in [1.29, 1.82) is 0 Å². The molecule has 0 saturated heterocycles. The van der Waals surface area contributed by atoms with Crippen LogP contribution >= 0.6 is 15.9 Å². The molecule has 1 saturated carbocycles. The maximum atomic E-state index is 12.0. The molecule has 0 aromatic carbocycles. The lowest BCUT2D eigenvalue weighted by Gasteiger charge is -2.25. The highest BCUT2D eigenvalue weighted by Gasteiger charge is 2.42. The summed E-state index contributed by atoms with van der Waals surface area (Å²) >= 11 is 3.18. The Morgan fingerprint density at radius 1 is 1.33 bits per heavy atom. The van der Waals surface area contributed by atoms with E-state index in [0.29, 0.717) is 23.0 Å². The van der Waals surface area contributed by atoms with Gasteiger partial charge in [-0.05, 0) is 40.9 Å². The molecule has 18 heavy (non-hydrogen) atoms. The Hall–Kier alpha value is -1.43. The van der Waals surface area contributed by atoms with Crippen LogP contribution in [0.2, 0.25) is 0 Å². The van der Waals surface area contributed by atoms with E-state index in [0.717, 1.165) is 12.8 Å². The van der Waals surface area contributed by atoms with Gasteiger partial charge in [-0.2, -0.15) is 0 Å². The molecule has 6 heteroatoms. The summed E-state index contributed by atoms with van der Waals surface area (Å²) in [7, 11) is 0. The van der Waals surface area contributed by atoms with E-state index in [9.17, 15) is 14.7 Å². The van der Waals surface area contributed by atoms with Crippen LogP contribution in [0, 0.1) is 0 Å². The molecule has 1 amide bonds. The molecule has 1 fully saturated rings. The molecule has 0 unspecified atom stereocenters. The molecule has 1 aliphatic rings. The zero-order valence-corrected chi connectivity index (χ0v) is 11.2. The first-order chi connectivity index (χ1) is 8.53. The fourth-order valence-corrected chi connectivity index (χ4v) is 2.41. The first-order valence-electron chi connectivity index (χ1n) is 5.71. The lowest BCUT2D eigenvalue weighted by molar-refractivity contribution is -0.144. The highest BCUT2D eigenvalue weighted by atomic mass is 79.9. The second-order valence-electron chi connectivity index (χ2n) is 4.42. The van der Waals surface area contributed by atoms with Crippen molar-refractivity contribution in [3.63, 3.8) is 0 Å². The smallest absolute Gasteiger partial charge is 0.329 e. The molecule has 1 aromatic heterocycles. The highest BCUT2D eigenvalue weighted by molar-refractivity contribution is 9.10. The third-order valence-corrected chi connectivity index (χ3v) is 3.68. The number of hydrogen-bond donors (Lipinski definition) is 2. The van der Waals surface area contributed by atoms with Gasteiger partial charge in [0.15, 0.2) is 0 Å². The minimum absolute atomic E-state index is 0.366. The van der Waals surface area contributed by atoms with Crippen molar-refractivity contribution >= 4 is 27.8 Å². The Balaban J connectivity index is 2.15. The molecule has 1 aliphatic carbocycles. The van der Waals surface area contributed by atoms with Crippen LogP contribution in [0.3, 0.4) is 0 Å². The van der Waals surface area contributed by atoms with E-state index >= 15 is 0 Å². The third kappa shape index (κ3) is 2.53. The summed E-state index contributed by atoms with van der Waals surface area (Å²) < 4.78 is 0.632. The largest absolute Gasteiger partial charge is 0.480 e. The molecule has 5 nitrogen and oxygen atoms in total. The summed E-state index contributed by atoms with van der Waals surface area (Å²) in [5.41, 5.74) is -0.741. The van der Waals surface area contributed by atoms with Crippen LogP contribution < -0.4 is 5.32 Å². The van der Waals surface area contributed by atoms with Gasteiger partial charge < -0.3 is 10.4 Å². The molecule has 0 atom stereocenters.